The lowest BCUT2D eigenvalue weighted by Gasteiger charge is -2.15. The number of hydrogen-bond donors (Lipinski definition) is 1. The molecule has 1 fully saturated rings. The van der Waals surface area contributed by atoms with E-state index < -0.39 is 0 Å². The van der Waals surface area contributed by atoms with E-state index in [2.05, 4.69) is 5.32 Å². The predicted molar refractivity (Wildman–Crippen MR) is 66.6 cm³/mol. The Morgan fingerprint density at radius 1 is 1.53 bits per heavy atom. The molecule has 1 aliphatic heterocycles. The van der Waals surface area contributed by atoms with Crippen molar-refractivity contribution in [2.45, 2.75) is 31.9 Å². The predicted octanol–water partition coefficient (Wildman–Crippen LogP) is 0.393. The summed E-state index contributed by atoms with van der Waals surface area (Å²) in [6, 6.07) is 0. The molecular formula is C11H18N2O3S. The molecule has 6 heteroatoms. The van der Waals surface area contributed by atoms with E-state index in [0.717, 1.165) is 6.42 Å². The summed E-state index contributed by atoms with van der Waals surface area (Å²) >= 11 is 1.18. The lowest BCUT2D eigenvalue weighted by molar-refractivity contribution is -0.133. The molecular weight excluding hydrogens is 240 g/mol. The molecule has 0 saturated carbocycles. The van der Waals surface area contributed by atoms with Crippen molar-refractivity contribution in [1.82, 2.24) is 10.2 Å². The van der Waals surface area contributed by atoms with Gasteiger partial charge in [0.25, 0.3) is 0 Å². The molecule has 96 valence electrons. The van der Waals surface area contributed by atoms with Gasteiger partial charge in [-0.2, -0.15) is 0 Å². The fourth-order valence-corrected chi connectivity index (χ4v) is 2.65. The molecule has 1 N–H and O–H groups in total. The van der Waals surface area contributed by atoms with Crippen LogP contribution in [0.4, 0.5) is 0 Å². The maximum atomic E-state index is 11.6. The van der Waals surface area contributed by atoms with Gasteiger partial charge >= 0.3 is 0 Å². The third-order valence-corrected chi connectivity index (χ3v) is 3.40. The van der Waals surface area contributed by atoms with Crippen LogP contribution in [-0.2, 0) is 14.4 Å². The van der Waals surface area contributed by atoms with Crippen LogP contribution >= 0.6 is 11.8 Å². The van der Waals surface area contributed by atoms with Crippen molar-refractivity contribution in [3.8, 4) is 0 Å². The van der Waals surface area contributed by atoms with Gasteiger partial charge in [-0.15, -0.1) is 0 Å². The Bertz CT molecular complexity index is 320. The molecule has 1 heterocycles. The number of amides is 2. The molecule has 1 rings (SSSR count). The fraction of sp³-hybridized carbons (Fsp3) is 0.727. The summed E-state index contributed by atoms with van der Waals surface area (Å²) in [5.74, 6) is -0.177. The lowest BCUT2D eigenvalue weighted by atomic mass is 10.4. The van der Waals surface area contributed by atoms with Gasteiger partial charge in [-0.1, -0.05) is 18.7 Å². The van der Waals surface area contributed by atoms with Crippen molar-refractivity contribution in [3.05, 3.63) is 0 Å². The smallest absolute Gasteiger partial charge is 0.239 e. The molecule has 0 aromatic rings. The Hall–Kier alpha value is -1.04. The van der Waals surface area contributed by atoms with Crippen molar-refractivity contribution in [1.29, 1.82) is 0 Å². The number of carbonyl (C=O) groups is 3. The summed E-state index contributed by atoms with van der Waals surface area (Å²) in [6.07, 6.45) is 1.23. The molecule has 2 amide bonds. The molecule has 1 atom stereocenters. The summed E-state index contributed by atoms with van der Waals surface area (Å²) in [5, 5.41) is 2.74. The minimum absolute atomic E-state index is 0.000949. The van der Waals surface area contributed by atoms with Crippen molar-refractivity contribution >= 4 is 28.7 Å². The van der Waals surface area contributed by atoms with E-state index >= 15 is 0 Å². The number of nitrogens with one attached hydrogen (secondary N) is 1. The molecule has 17 heavy (non-hydrogen) atoms. The molecule has 0 aliphatic carbocycles. The summed E-state index contributed by atoms with van der Waals surface area (Å²) in [4.78, 5) is 35.5. The van der Waals surface area contributed by atoms with Crippen LogP contribution in [0.15, 0.2) is 0 Å². The van der Waals surface area contributed by atoms with Crippen LogP contribution in [-0.4, -0.2) is 46.7 Å². The number of hydrogen-bond acceptors (Lipinski definition) is 4. The van der Waals surface area contributed by atoms with E-state index in [0.29, 0.717) is 19.5 Å². The van der Waals surface area contributed by atoms with Gasteiger partial charge in [0.2, 0.25) is 11.8 Å². The fourth-order valence-electron chi connectivity index (χ4n) is 1.70. The van der Waals surface area contributed by atoms with E-state index in [-0.39, 0.29) is 28.7 Å². The molecule has 5 nitrogen and oxygen atoms in total. The van der Waals surface area contributed by atoms with E-state index in [1.807, 2.05) is 6.92 Å². The second kappa shape index (κ2) is 6.64. The Morgan fingerprint density at radius 2 is 2.24 bits per heavy atom. The number of likely N-dealkylation sites (tertiary alicyclic amines) is 1. The van der Waals surface area contributed by atoms with Crippen molar-refractivity contribution in [2.75, 3.05) is 19.6 Å². The SMILES string of the molecule is CCCNC(=O)CN1CC(SC(C)=O)CC1=O. The Labute approximate surface area is 105 Å². The second-order valence-electron chi connectivity index (χ2n) is 4.06. The molecule has 1 saturated heterocycles. The zero-order valence-corrected chi connectivity index (χ0v) is 11.0. The topological polar surface area (TPSA) is 66.5 Å². The maximum Gasteiger partial charge on any atom is 0.239 e. The number of rotatable bonds is 5. The van der Waals surface area contributed by atoms with Gasteiger partial charge in [0.05, 0.1) is 6.54 Å². The molecule has 0 bridgehead atoms. The average molecular weight is 258 g/mol. The van der Waals surface area contributed by atoms with Crippen LogP contribution in [0.5, 0.6) is 0 Å². The van der Waals surface area contributed by atoms with Crippen LogP contribution in [0, 0.1) is 0 Å². The number of thioether (sulfide) groups is 1. The number of carbonyl (C=O) groups excluding carboxylic acids is 3. The molecule has 1 unspecified atom stereocenters. The second-order valence-corrected chi connectivity index (χ2v) is 5.54. The summed E-state index contributed by atoms with van der Waals surface area (Å²) in [6.45, 7) is 4.69. The van der Waals surface area contributed by atoms with E-state index in [1.54, 1.807) is 0 Å². The average Bonchev–Trinajstić information content (AvgIpc) is 2.55. The van der Waals surface area contributed by atoms with E-state index in [4.69, 9.17) is 0 Å². The largest absolute Gasteiger partial charge is 0.355 e. The van der Waals surface area contributed by atoms with Crippen molar-refractivity contribution < 1.29 is 14.4 Å². The normalized spacial score (nSPS) is 19.5. The van der Waals surface area contributed by atoms with Crippen LogP contribution in [0.25, 0.3) is 0 Å². The van der Waals surface area contributed by atoms with Gasteiger partial charge in [0.15, 0.2) is 5.12 Å². The van der Waals surface area contributed by atoms with Gasteiger partial charge in [0.1, 0.15) is 0 Å². The molecule has 0 spiro atoms. The van der Waals surface area contributed by atoms with Gasteiger partial charge in [-0.05, 0) is 6.42 Å². The highest BCUT2D eigenvalue weighted by Crippen LogP contribution is 2.23. The van der Waals surface area contributed by atoms with Gasteiger partial charge in [-0.25, -0.2) is 0 Å². The summed E-state index contributed by atoms with van der Waals surface area (Å²) in [5.41, 5.74) is 0. The number of nitrogens with zero attached hydrogens (tertiary/aromatic N) is 1. The Morgan fingerprint density at radius 3 is 2.82 bits per heavy atom. The standard InChI is InChI=1S/C11H18N2O3S/c1-3-4-12-10(15)7-13-6-9(5-11(13)16)17-8(2)14/h9H,3-7H2,1-2H3,(H,12,15). The lowest BCUT2D eigenvalue weighted by Crippen LogP contribution is -2.38. The van der Waals surface area contributed by atoms with Gasteiger partial charge in [0, 0.05) is 31.7 Å². The van der Waals surface area contributed by atoms with Crippen LogP contribution in [0.2, 0.25) is 0 Å². The monoisotopic (exact) mass is 258 g/mol. The summed E-state index contributed by atoms with van der Waals surface area (Å²) in [7, 11) is 0. The quantitative estimate of drug-likeness (QED) is 0.775. The Kier molecular flexibility index (Phi) is 5.47. The zero-order valence-electron chi connectivity index (χ0n) is 10.2. The summed E-state index contributed by atoms with van der Waals surface area (Å²) < 4.78 is 0. The zero-order chi connectivity index (χ0) is 12.8. The third kappa shape index (κ3) is 4.77. The van der Waals surface area contributed by atoms with Crippen LogP contribution in [0.1, 0.15) is 26.7 Å². The first-order valence-electron chi connectivity index (χ1n) is 5.74. The highest BCUT2D eigenvalue weighted by atomic mass is 32.2. The molecule has 0 radical (unpaired) electrons. The Balaban J connectivity index is 2.37. The third-order valence-electron chi connectivity index (χ3n) is 2.42. The molecule has 0 aromatic heterocycles. The molecule has 1 aliphatic rings. The first-order valence-corrected chi connectivity index (χ1v) is 6.62. The van der Waals surface area contributed by atoms with Crippen molar-refractivity contribution in [3.63, 3.8) is 0 Å². The van der Waals surface area contributed by atoms with E-state index in [1.165, 1.54) is 23.6 Å². The first kappa shape index (κ1) is 14.0. The van der Waals surface area contributed by atoms with Gasteiger partial charge in [-0.3, -0.25) is 14.4 Å². The first-order chi connectivity index (χ1) is 8.02. The minimum atomic E-state index is -0.131. The van der Waals surface area contributed by atoms with Crippen molar-refractivity contribution in [2.24, 2.45) is 0 Å². The van der Waals surface area contributed by atoms with Crippen LogP contribution in [0.3, 0.4) is 0 Å². The highest BCUT2D eigenvalue weighted by molar-refractivity contribution is 8.14. The minimum Gasteiger partial charge on any atom is -0.355 e. The van der Waals surface area contributed by atoms with E-state index in [9.17, 15) is 14.4 Å². The molecule has 0 aromatic carbocycles. The maximum absolute atomic E-state index is 11.6. The van der Waals surface area contributed by atoms with Crippen LogP contribution < -0.4 is 5.32 Å². The van der Waals surface area contributed by atoms with Gasteiger partial charge < -0.3 is 10.2 Å². The highest BCUT2D eigenvalue weighted by Gasteiger charge is 2.31.